The van der Waals surface area contributed by atoms with Gasteiger partial charge < -0.3 is 48.1 Å². The highest BCUT2D eigenvalue weighted by Crippen LogP contribution is 2.46. The van der Waals surface area contributed by atoms with Crippen molar-refractivity contribution in [2.24, 2.45) is 0 Å². The van der Waals surface area contributed by atoms with Crippen molar-refractivity contribution in [1.82, 2.24) is 4.90 Å². The van der Waals surface area contributed by atoms with Gasteiger partial charge in [0.25, 0.3) is 0 Å². The summed E-state index contributed by atoms with van der Waals surface area (Å²) in [5.41, 5.74) is 1.62. The number of furan rings is 1. The highest BCUT2D eigenvalue weighted by atomic mass is 16.5. The number of ether oxygens (including phenoxy) is 4. The summed E-state index contributed by atoms with van der Waals surface area (Å²) in [5, 5.41) is 19.5. The molecule has 2 aromatic carbocycles. The predicted molar refractivity (Wildman–Crippen MR) is 148 cm³/mol. The van der Waals surface area contributed by atoms with Gasteiger partial charge in [-0.1, -0.05) is 18.2 Å². The lowest BCUT2D eigenvalue weighted by Crippen LogP contribution is -2.23. The van der Waals surface area contributed by atoms with Crippen LogP contribution in [-0.2, 0) is 9.59 Å². The van der Waals surface area contributed by atoms with E-state index in [0.29, 0.717) is 53.5 Å². The van der Waals surface area contributed by atoms with Crippen LogP contribution in [0, 0.1) is 0 Å². The summed E-state index contributed by atoms with van der Waals surface area (Å²) in [6.45, 7) is 4.97. The third-order valence-electron chi connectivity index (χ3n) is 5.25. The SMILES string of the molecule is COc1c(C(=O)C=Cc2ccc(OC(C)C)cc2)c(OCCN(C)C)c(OC)c2occc12.O=C([O-])C=CC(=O)[O-]. The second-order valence-corrected chi connectivity index (χ2v) is 8.99. The van der Waals surface area contributed by atoms with Crippen LogP contribution in [0.2, 0.25) is 0 Å². The van der Waals surface area contributed by atoms with Crippen molar-refractivity contribution < 1.29 is 48.0 Å². The van der Waals surface area contributed by atoms with Crippen LogP contribution in [0.1, 0.15) is 29.8 Å². The minimum atomic E-state index is -1.55. The Morgan fingerprint density at radius 2 is 1.51 bits per heavy atom. The van der Waals surface area contributed by atoms with Crippen LogP contribution in [-0.4, -0.2) is 70.2 Å². The van der Waals surface area contributed by atoms with Crippen LogP contribution in [0.5, 0.6) is 23.0 Å². The number of hydrogen-bond acceptors (Lipinski definition) is 11. The number of carboxylic acid groups (broad SMARTS) is 2. The average Bonchev–Trinajstić information content (AvgIpc) is 3.40. The van der Waals surface area contributed by atoms with Gasteiger partial charge in [0.1, 0.15) is 23.7 Å². The zero-order valence-electron chi connectivity index (χ0n) is 23.8. The van der Waals surface area contributed by atoms with Gasteiger partial charge in [-0.25, -0.2) is 0 Å². The van der Waals surface area contributed by atoms with E-state index in [9.17, 15) is 24.6 Å². The minimum Gasteiger partial charge on any atom is -0.545 e. The standard InChI is InChI=1S/C26H31NO6.C4H4O4/c1-17(2)33-19-10-7-18(8-11-19)9-12-21(28)22-23(29-5)20-13-15-31-24(20)26(30-6)25(22)32-16-14-27(3)4;5-3(6)1-2-4(7)8/h7-13,15,17H,14,16H2,1-6H3;1-2H,(H,5,6)(H,7,8)/p-2. The molecule has 11 heteroatoms. The Hall–Kier alpha value is -4.77. The predicted octanol–water partition coefficient (Wildman–Crippen LogP) is 2.12. The smallest absolute Gasteiger partial charge is 0.205 e. The molecule has 3 rings (SSSR count). The van der Waals surface area contributed by atoms with E-state index in [2.05, 4.69) is 0 Å². The topological polar surface area (TPSA) is 151 Å². The molecule has 41 heavy (non-hydrogen) atoms. The molecule has 0 atom stereocenters. The molecule has 3 aromatic rings. The minimum absolute atomic E-state index is 0.0965. The van der Waals surface area contributed by atoms with Crippen LogP contribution in [0.25, 0.3) is 17.0 Å². The summed E-state index contributed by atoms with van der Waals surface area (Å²) >= 11 is 0. The largest absolute Gasteiger partial charge is 0.545 e. The Morgan fingerprint density at radius 3 is 2.02 bits per heavy atom. The van der Waals surface area contributed by atoms with Crippen LogP contribution in [0.3, 0.4) is 0 Å². The lowest BCUT2D eigenvalue weighted by atomic mass is 10.0. The Balaban J connectivity index is 0.000000642. The first-order chi connectivity index (χ1) is 19.5. The number of rotatable bonds is 13. The number of likely N-dealkylation sites (N-methyl/N-ethyl adjacent to an activating group) is 1. The highest BCUT2D eigenvalue weighted by molar-refractivity contribution is 6.15. The monoisotopic (exact) mass is 567 g/mol. The fraction of sp³-hybridized carbons (Fsp3) is 0.300. The number of aliphatic carboxylic acids is 2. The summed E-state index contributed by atoms with van der Waals surface area (Å²) in [6, 6.07) is 9.29. The van der Waals surface area contributed by atoms with Crippen molar-refractivity contribution in [2.45, 2.75) is 20.0 Å². The van der Waals surface area contributed by atoms with Gasteiger partial charge in [-0.15, -0.1) is 0 Å². The Morgan fingerprint density at radius 1 is 0.902 bits per heavy atom. The third kappa shape index (κ3) is 9.73. The first-order valence-corrected chi connectivity index (χ1v) is 12.5. The number of nitrogens with zero attached hydrogens (tertiary/aromatic N) is 1. The first-order valence-electron chi connectivity index (χ1n) is 12.5. The van der Waals surface area contributed by atoms with Gasteiger partial charge in [0.05, 0.1) is 43.9 Å². The molecule has 0 bridgehead atoms. The number of ketones is 1. The molecule has 0 N–H and O–H groups in total. The van der Waals surface area contributed by atoms with E-state index in [1.54, 1.807) is 12.1 Å². The summed E-state index contributed by atoms with van der Waals surface area (Å²) in [5.74, 6) is -1.54. The number of fused-ring (bicyclic) bond motifs is 1. The first kappa shape index (κ1) is 32.4. The molecule has 11 nitrogen and oxygen atoms in total. The molecule has 0 aliphatic rings. The molecule has 220 valence electrons. The summed E-state index contributed by atoms with van der Waals surface area (Å²) in [7, 11) is 6.94. The molecule has 1 heterocycles. The van der Waals surface area contributed by atoms with Gasteiger partial charge in [-0.3, -0.25) is 4.79 Å². The summed E-state index contributed by atoms with van der Waals surface area (Å²) in [6.07, 6.45) is 5.64. The maximum Gasteiger partial charge on any atom is 0.205 e. The third-order valence-corrected chi connectivity index (χ3v) is 5.25. The second-order valence-electron chi connectivity index (χ2n) is 8.99. The number of methoxy groups -OCH3 is 2. The van der Waals surface area contributed by atoms with E-state index in [1.165, 1.54) is 26.6 Å². The molecule has 0 radical (unpaired) electrons. The second kappa shape index (κ2) is 15.7. The molecular formula is C30H33NO10-2. The fourth-order valence-corrected chi connectivity index (χ4v) is 3.53. The van der Waals surface area contributed by atoms with Crippen LogP contribution >= 0.6 is 0 Å². The van der Waals surface area contributed by atoms with E-state index in [0.717, 1.165) is 11.3 Å². The van der Waals surface area contributed by atoms with E-state index >= 15 is 0 Å². The average molecular weight is 568 g/mol. The van der Waals surface area contributed by atoms with Crippen LogP contribution in [0.4, 0.5) is 0 Å². The van der Waals surface area contributed by atoms with Crippen molar-refractivity contribution in [1.29, 1.82) is 0 Å². The maximum atomic E-state index is 13.4. The number of carboxylic acids is 2. The molecule has 0 amide bonds. The van der Waals surface area contributed by atoms with Gasteiger partial charge in [-0.2, -0.15) is 0 Å². The highest BCUT2D eigenvalue weighted by Gasteiger charge is 2.28. The molecule has 0 unspecified atom stereocenters. The molecule has 0 saturated heterocycles. The lowest BCUT2D eigenvalue weighted by Gasteiger charge is -2.18. The molecule has 0 saturated carbocycles. The van der Waals surface area contributed by atoms with Gasteiger partial charge in [0.15, 0.2) is 17.1 Å². The summed E-state index contributed by atoms with van der Waals surface area (Å²) < 4.78 is 28.6. The van der Waals surface area contributed by atoms with Crippen molar-refractivity contribution in [3.8, 4) is 23.0 Å². The maximum absolute atomic E-state index is 13.4. The van der Waals surface area contributed by atoms with E-state index in [1.807, 2.05) is 57.1 Å². The molecular weight excluding hydrogens is 534 g/mol. The zero-order valence-corrected chi connectivity index (χ0v) is 23.8. The van der Waals surface area contributed by atoms with Crippen molar-refractivity contribution in [2.75, 3.05) is 41.5 Å². The number of carbonyl (C=O) groups is 3. The summed E-state index contributed by atoms with van der Waals surface area (Å²) in [4.78, 5) is 34.2. The van der Waals surface area contributed by atoms with Crippen LogP contribution < -0.4 is 29.2 Å². The normalized spacial score (nSPS) is 11.1. The number of allylic oxidation sites excluding steroid dienone is 1. The lowest BCUT2D eigenvalue weighted by molar-refractivity contribution is -0.301. The zero-order chi connectivity index (χ0) is 30.5. The number of hydrogen-bond donors (Lipinski definition) is 0. The van der Waals surface area contributed by atoms with Gasteiger partial charge >= 0.3 is 0 Å². The van der Waals surface area contributed by atoms with E-state index < -0.39 is 11.9 Å². The molecule has 0 spiro atoms. The van der Waals surface area contributed by atoms with Crippen LogP contribution in [0.15, 0.2) is 59.2 Å². The number of benzene rings is 2. The number of carbonyl (C=O) groups excluding carboxylic acids is 3. The Bertz CT molecular complexity index is 1370. The molecule has 0 aliphatic heterocycles. The van der Waals surface area contributed by atoms with E-state index in [4.69, 9.17) is 23.4 Å². The van der Waals surface area contributed by atoms with E-state index in [-0.39, 0.29) is 17.5 Å². The van der Waals surface area contributed by atoms with Crippen molar-refractivity contribution >= 4 is 34.8 Å². The van der Waals surface area contributed by atoms with Gasteiger partial charge in [0, 0.05) is 6.54 Å². The molecule has 1 aromatic heterocycles. The molecule has 0 fully saturated rings. The Labute approximate surface area is 238 Å². The van der Waals surface area contributed by atoms with Gasteiger partial charge in [0.2, 0.25) is 5.75 Å². The fourth-order valence-electron chi connectivity index (χ4n) is 3.53. The molecule has 0 aliphatic carbocycles. The quantitative estimate of drug-likeness (QED) is 0.221. The van der Waals surface area contributed by atoms with Crippen molar-refractivity contribution in [3.05, 3.63) is 65.9 Å². The van der Waals surface area contributed by atoms with Gasteiger partial charge in [-0.05, 0) is 69.9 Å². The Kier molecular flexibility index (Phi) is 12.4. The van der Waals surface area contributed by atoms with Crippen molar-refractivity contribution in [3.63, 3.8) is 0 Å².